The van der Waals surface area contributed by atoms with Crippen molar-refractivity contribution in [2.45, 2.75) is 52.0 Å². The highest BCUT2D eigenvalue weighted by Gasteiger charge is 2.29. The van der Waals surface area contributed by atoms with Crippen molar-refractivity contribution >= 4 is 27.8 Å². The lowest BCUT2D eigenvalue weighted by Gasteiger charge is -2.03. The number of nitrogens with zero attached hydrogens (tertiary/aromatic N) is 3. The quantitative estimate of drug-likeness (QED) is 0.908. The number of aromatic nitrogens is 3. The van der Waals surface area contributed by atoms with Crippen LogP contribution in [0.25, 0.3) is 9.88 Å². The Morgan fingerprint density at radius 2 is 2.05 bits per heavy atom. The zero-order valence-corrected chi connectivity index (χ0v) is 13.1. The van der Waals surface area contributed by atoms with Crippen molar-refractivity contribution in [1.29, 1.82) is 0 Å². The van der Waals surface area contributed by atoms with Gasteiger partial charge in [-0.15, -0.1) is 21.5 Å². The fourth-order valence-corrected chi connectivity index (χ4v) is 4.21. The molecular formula is C13H18N4S2. The molecule has 1 N–H and O–H groups in total. The van der Waals surface area contributed by atoms with Crippen molar-refractivity contribution < 1.29 is 0 Å². The molecule has 1 aliphatic carbocycles. The first-order chi connectivity index (χ1) is 9.17. The number of aryl methyl sites for hydroxylation is 1. The van der Waals surface area contributed by atoms with Gasteiger partial charge in [0.05, 0.1) is 15.6 Å². The molecule has 1 fully saturated rings. The zero-order chi connectivity index (χ0) is 13.4. The van der Waals surface area contributed by atoms with Gasteiger partial charge in [-0.05, 0) is 33.1 Å². The minimum atomic E-state index is 0.384. The fourth-order valence-electron chi connectivity index (χ4n) is 1.90. The van der Waals surface area contributed by atoms with Crippen LogP contribution in [0.3, 0.4) is 0 Å². The van der Waals surface area contributed by atoms with Crippen molar-refractivity contribution in [3.63, 3.8) is 0 Å². The molecule has 0 aromatic carbocycles. The molecule has 2 heterocycles. The van der Waals surface area contributed by atoms with Crippen LogP contribution in [0.5, 0.6) is 0 Å². The topological polar surface area (TPSA) is 50.7 Å². The summed E-state index contributed by atoms with van der Waals surface area (Å²) in [6, 6.07) is 0.384. The van der Waals surface area contributed by atoms with Gasteiger partial charge < -0.3 is 5.32 Å². The Hall–Kier alpha value is -1.01. The Balaban J connectivity index is 1.89. The molecule has 1 saturated carbocycles. The Morgan fingerprint density at radius 3 is 2.68 bits per heavy atom. The molecule has 19 heavy (non-hydrogen) atoms. The summed E-state index contributed by atoms with van der Waals surface area (Å²) in [5.74, 6) is 0.713. The third-order valence-corrected chi connectivity index (χ3v) is 5.27. The van der Waals surface area contributed by atoms with Crippen LogP contribution in [0.1, 0.15) is 50.2 Å². The van der Waals surface area contributed by atoms with Crippen molar-refractivity contribution in [2.24, 2.45) is 0 Å². The average molecular weight is 294 g/mol. The van der Waals surface area contributed by atoms with Gasteiger partial charge in [0.1, 0.15) is 0 Å². The van der Waals surface area contributed by atoms with Crippen LogP contribution in [0, 0.1) is 0 Å². The van der Waals surface area contributed by atoms with Gasteiger partial charge in [0.2, 0.25) is 5.13 Å². The maximum atomic E-state index is 4.77. The number of thiazole rings is 1. The molecular weight excluding hydrogens is 276 g/mol. The predicted molar refractivity (Wildman–Crippen MR) is 81.1 cm³/mol. The summed E-state index contributed by atoms with van der Waals surface area (Å²) >= 11 is 3.44. The molecule has 102 valence electrons. The summed E-state index contributed by atoms with van der Waals surface area (Å²) in [5, 5.41) is 15.0. The molecule has 6 heteroatoms. The number of rotatable bonds is 5. The first-order valence-electron chi connectivity index (χ1n) is 6.77. The molecule has 2 aromatic heterocycles. The summed E-state index contributed by atoms with van der Waals surface area (Å²) in [6.45, 7) is 6.37. The fraction of sp³-hybridized carbons (Fsp3) is 0.615. The molecule has 0 atom stereocenters. The standard InChI is InChI=1S/C13H18N4S2/c1-4-9-10(18-11(15-9)8-5-6-8)12-16-17-13(19-12)14-7(2)3/h7-8H,4-6H2,1-3H3,(H,14,17). The second-order valence-electron chi connectivity index (χ2n) is 5.17. The van der Waals surface area contributed by atoms with Crippen molar-refractivity contribution in [1.82, 2.24) is 15.2 Å². The lowest BCUT2D eigenvalue weighted by molar-refractivity contribution is 0.888. The smallest absolute Gasteiger partial charge is 0.206 e. The zero-order valence-electron chi connectivity index (χ0n) is 11.4. The summed E-state index contributed by atoms with van der Waals surface area (Å²) in [6.07, 6.45) is 3.56. The second kappa shape index (κ2) is 5.17. The predicted octanol–water partition coefficient (Wildman–Crippen LogP) is 3.92. The average Bonchev–Trinajstić information content (AvgIpc) is 2.97. The molecule has 0 amide bonds. The largest absolute Gasteiger partial charge is 0.358 e. The van der Waals surface area contributed by atoms with Crippen LogP contribution in [-0.2, 0) is 6.42 Å². The lowest BCUT2D eigenvalue weighted by Crippen LogP contribution is -2.08. The third kappa shape index (κ3) is 2.79. The van der Waals surface area contributed by atoms with Crippen LogP contribution in [0.4, 0.5) is 5.13 Å². The molecule has 0 spiro atoms. The first-order valence-corrected chi connectivity index (χ1v) is 8.40. The molecule has 0 aliphatic heterocycles. The maximum Gasteiger partial charge on any atom is 0.206 e. The van der Waals surface area contributed by atoms with E-state index in [0.717, 1.165) is 16.6 Å². The Labute approximate surface area is 121 Å². The highest BCUT2D eigenvalue weighted by molar-refractivity contribution is 7.23. The molecule has 1 aliphatic rings. The van der Waals surface area contributed by atoms with E-state index in [9.17, 15) is 0 Å². The number of hydrogen-bond acceptors (Lipinski definition) is 6. The minimum Gasteiger partial charge on any atom is -0.358 e. The van der Waals surface area contributed by atoms with Gasteiger partial charge in [-0.2, -0.15) is 0 Å². The van der Waals surface area contributed by atoms with Gasteiger partial charge in [0.15, 0.2) is 5.01 Å². The number of nitrogens with one attached hydrogen (secondary N) is 1. The van der Waals surface area contributed by atoms with Crippen LogP contribution >= 0.6 is 22.7 Å². The summed E-state index contributed by atoms with van der Waals surface area (Å²) in [4.78, 5) is 6.00. The third-order valence-electron chi connectivity index (χ3n) is 3.01. The van der Waals surface area contributed by atoms with Gasteiger partial charge in [-0.25, -0.2) is 4.98 Å². The van der Waals surface area contributed by atoms with Gasteiger partial charge in [-0.1, -0.05) is 18.3 Å². The summed E-state index contributed by atoms with van der Waals surface area (Å²) in [5.41, 5.74) is 1.18. The monoisotopic (exact) mass is 294 g/mol. The summed E-state index contributed by atoms with van der Waals surface area (Å²) < 4.78 is 0. The van der Waals surface area contributed by atoms with Crippen molar-refractivity contribution in [2.75, 3.05) is 5.32 Å². The first kappa shape index (κ1) is 13.0. The van der Waals surface area contributed by atoms with Gasteiger partial charge in [0, 0.05) is 12.0 Å². The van der Waals surface area contributed by atoms with Crippen LogP contribution in [0.2, 0.25) is 0 Å². The van der Waals surface area contributed by atoms with E-state index in [-0.39, 0.29) is 0 Å². The molecule has 0 saturated heterocycles. The van der Waals surface area contributed by atoms with Crippen LogP contribution < -0.4 is 5.32 Å². The normalized spacial score (nSPS) is 15.2. The van der Waals surface area contributed by atoms with E-state index < -0.39 is 0 Å². The van der Waals surface area contributed by atoms with E-state index in [0.29, 0.717) is 12.0 Å². The molecule has 4 nitrogen and oxygen atoms in total. The highest BCUT2D eigenvalue weighted by atomic mass is 32.1. The molecule has 2 aromatic rings. The van der Waals surface area contributed by atoms with E-state index in [4.69, 9.17) is 4.98 Å². The SMILES string of the molecule is CCc1nc(C2CC2)sc1-c1nnc(NC(C)C)s1. The van der Waals surface area contributed by atoms with E-state index in [1.807, 2.05) is 11.3 Å². The van der Waals surface area contributed by atoms with Crippen molar-refractivity contribution in [3.8, 4) is 9.88 Å². The van der Waals surface area contributed by atoms with E-state index in [1.165, 1.54) is 28.4 Å². The second-order valence-corrected chi connectivity index (χ2v) is 7.18. The Kier molecular flexibility index (Phi) is 3.54. The number of anilines is 1. The minimum absolute atomic E-state index is 0.384. The van der Waals surface area contributed by atoms with Crippen LogP contribution in [-0.4, -0.2) is 21.2 Å². The van der Waals surface area contributed by atoms with Gasteiger partial charge in [0.25, 0.3) is 0 Å². The lowest BCUT2D eigenvalue weighted by atomic mass is 10.3. The highest BCUT2D eigenvalue weighted by Crippen LogP contribution is 2.45. The van der Waals surface area contributed by atoms with Gasteiger partial charge >= 0.3 is 0 Å². The van der Waals surface area contributed by atoms with Gasteiger partial charge in [-0.3, -0.25) is 0 Å². The van der Waals surface area contributed by atoms with Crippen molar-refractivity contribution in [3.05, 3.63) is 10.7 Å². The molecule has 0 bridgehead atoms. The maximum absolute atomic E-state index is 4.77. The molecule has 3 rings (SSSR count). The molecule has 0 radical (unpaired) electrons. The summed E-state index contributed by atoms with van der Waals surface area (Å²) in [7, 11) is 0. The Morgan fingerprint density at radius 1 is 1.26 bits per heavy atom. The van der Waals surface area contributed by atoms with E-state index in [1.54, 1.807) is 11.3 Å². The van der Waals surface area contributed by atoms with Crippen LogP contribution in [0.15, 0.2) is 0 Å². The van der Waals surface area contributed by atoms with E-state index >= 15 is 0 Å². The van der Waals surface area contributed by atoms with E-state index in [2.05, 4.69) is 36.3 Å². The Bertz CT molecular complexity index is 569. The molecule has 0 unspecified atom stereocenters. The number of hydrogen-bond donors (Lipinski definition) is 1.